The van der Waals surface area contributed by atoms with Gasteiger partial charge in [-0.05, 0) is 19.4 Å². The van der Waals surface area contributed by atoms with Gasteiger partial charge in [0.2, 0.25) is 15.9 Å². The molecule has 1 fully saturated rings. The van der Waals surface area contributed by atoms with Crippen molar-refractivity contribution in [3.63, 3.8) is 0 Å². The van der Waals surface area contributed by atoms with Gasteiger partial charge in [0.05, 0.1) is 18.0 Å². The van der Waals surface area contributed by atoms with Crippen molar-refractivity contribution in [3.8, 4) is 0 Å². The van der Waals surface area contributed by atoms with Crippen LogP contribution in [0.25, 0.3) is 0 Å². The van der Waals surface area contributed by atoms with Gasteiger partial charge in [0.1, 0.15) is 11.6 Å². The molecule has 3 rings (SSSR count). The number of hydrogen-bond acceptors (Lipinski definition) is 6. The molecule has 1 atom stereocenters. The first-order valence-electron chi connectivity index (χ1n) is 10.4. The van der Waals surface area contributed by atoms with Crippen LogP contribution in [0.5, 0.6) is 0 Å². The van der Waals surface area contributed by atoms with Crippen molar-refractivity contribution in [1.82, 2.24) is 19.2 Å². The quantitative estimate of drug-likeness (QED) is 0.619. The van der Waals surface area contributed by atoms with Gasteiger partial charge in [0, 0.05) is 52.1 Å². The molecule has 0 aliphatic carbocycles. The fourth-order valence-electron chi connectivity index (χ4n) is 3.63. The lowest BCUT2D eigenvalue weighted by molar-refractivity contribution is -0.129. The molecule has 0 radical (unpaired) electrons. The minimum absolute atomic E-state index is 0.0263. The van der Waals surface area contributed by atoms with E-state index < -0.39 is 10.0 Å². The van der Waals surface area contributed by atoms with Gasteiger partial charge in [-0.2, -0.15) is 4.31 Å². The molecule has 1 amide bonds. The van der Waals surface area contributed by atoms with Gasteiger partial charge in [-0.3, -0.25) is 4.79 Å². The van der Waals surface area contributed by atoms with Crippen LogP contribution in [0.15, 0.2) is 36.4 Å². The fraction of sp³-hybridized carbons (Fsp3) is 0.500. The van der Waals surface area contributed by atoms with Crippen molar-refractivity contribution < 1.29 is 13.2 Å². The molecule has 0 bridgehead atoms. The fourth-order valence-corrected chi connectivity index (χ4v) is 4.78. The predicted octanol–water partition coefficient (Wildman–Crippen LogP) is 2.23. The molecule has 31 heavy (non-hydrogen) atoms. The number of amides is 1. The zero-order valence-corrected chi connectivity index (χ0v) is 19.6. The maximum Gasteiger partial charge on any atom is 0.223 e. The molecule has 0 saturated carbocycles. The van der Waals surface area contributed by atoms with Crippen molar-refractivity contribution in [3.05, 3.63) is 53.5 Å². The molecule has 2 heterocycles. The average Bonchev–Trinajstić information content (AvgIpc) is 3.10. The molecular weight excluding hydrogens is 414 g/mol. The van der Waals surface area contributed by atoms with E-state index in [0.717, 1.165) is 11.3 Å². The Labute approximate surface area is 185 Å². The summed E-state index contributed by atoms with van der Waals surface area (Å²) in [6, 6.07) is 11.1. The largest absolute Gasteiger partial charge is 0.363 e. The highest BCUT2D eigenvalue weighted by Crippen LogP contribution is 2.30. The number of nitrogens with zero attached hydrogens (tertiary/aromatic N) is 5. The maximum atomic E-state index is 12.8. The Morgan fingerprint density at radius 2 is 1.81 bits per heavy atom. The molecule has 1 unspecified atom stereocenters. The molecule has 1 saturated heterocycles. The highest BCUT2D eigenvalue weighted by Gasteiger charge is 2.33. The third kappa shape index (κ3) is 5.59. The molecule has 1 aliphatic heterocycles. The minimum atomic E-state index is -3.53. The molecule has 9 heteroatoms. The number of carbonyl (C=O) groups is 1. The Hall–Kier alpha value is -2.52. The lowest BCUT2D eigenvalue weighted by Crippen LogP contribution is -2.32. The first-order chi connectivity index (χ1) is 14.6. The Kier molecular flexibility index (Phi) is 6.96. The summed E-state index contributed by atoms with van der Waals surface area (Å²) in [6.07, 6.45) is 0.406. The predicted molar refractivity (Wildman–Crippen MR) is 121 cm³/mol. The van der Waals surface area contributed by atoms with Gasteiger partial charge < -0.3 is 9.80 Å². The first kappa shape index (κ1) is 23.1. The van der Waals surface area contributed by atoms with E-state index in [1.165, 1.54) is 4.31 Å². The topological polar surface area (TPSA) is 86.7 Å². The van der Waals surface area contributed by atoms with Crippen LogP contribution in [0.1, 0.15) is 43.3 Å². The van der Waals surface area contributed by atoms with Crippen LogP contribution in [-0.2, 0) is 27.1 Å². The van der Waals surface area contributed by atoms with Crippen LogP contribution in [0.3, 0.4) is 0 Å². The molecule has 0 spiro atoms. The number of rotatable bonds is 8. The van der Waals surface area contributed by atoms with Crippen LogP contribution < -0.4 is 4.90 Å². The van der Waals surface area contributed by atoms with Gasteiger partial charge in [-0.15, -0.1) is 0 Å². The lowest BCUT2D eigenvalue weighted by Gasteiger charge is -2.22. The SMILES string of the molecule is CC(C)N1CC(c2cc(N(C)C)nc(CN(C)S(=O)(=O)Cc3ccccc3)n2)CC1=O. The second-order valence-corrected chi connectivity index (χ2v) is 10.6. The molecule has 2 aromatic rings. The maximum absolute atomic E-state index is 12.8. The monoisotopic (exact) mass is 445 g/mol. The van der Waals surface area contributed by atoms with Crippen LogP contribution in [0, 0.1) is 0 Å². The van der Waals surface area contributed by atoms with Crippen LogP contribution in [0.2, 0.25) is 0 Å². The third-order valence-electron chi connectivity index (χ3n) is 5.47. The lowest BCUT2D eigenvalue weighted by atomic mass is 10.0. The first-order valence-corrected chi connectivity index (χ1v) is 12.0. The summed E-state index contributed by atoms with van der Waals surface area (Å²) in [6.45, 7) is 4.69. The Bertz CT molecular complexity index is 1020. The van der Waals surface area contributed by atoms with Crippen molar-refractivity contribution in [1.29, 1.82) is 0 Å². The number of aromatic nitrogens is 2. The highest BCUT2D eigenvalue weighted by molar-refractivity contribution is 7.88. The van der Waals surface area contributed by atoms with Gasteiger partial charge in [0.15, 0.2) is 0 Å². The van der Waals surface area contributed by atoms with Gasteiger partial charge in [-0.25, -0.2) is 18.4 Å². The van der Waals surface area contributed by atoms with Crippen LogP contribution in [0.4, 0.5) is 5.82 Å². The molecular formula is C22H31N5O3S. The van der Waals surface area contributed by atoms with Crippen molar-refractivity contribution in [2.45, 2.75) is 44.5 Å². The molecule has 1 aliphatic rings. The van der Waals surface area contributed by atoms with E-state index in [2.05, 4.69) is 9.97 Å². The zero-order chi connectivity index (χ0) is 22.8. The molecule has 8 nitrogen and oxygen atoms in total. The van der Waals surface area contributed by atoms with Crippen LogP contribution in [-0.4, -0.2) is 67.2 Å². The standard InChI is InChI=1S/C22H31N5O3S/c1-16(2)27-13-18(11-22(27)28)19-12-21(25(3)4)24-20(23-19)14-26(5)31(29,30)15-17-9-7-6-8-10-17/h6-10,12,16,18H,11,13-15H2,1-5H3. The molecule has 168 valence electrons. The number of carbonyl (C=O) groups excluding carboxylic acids is 1. The Balaban J connectivity index is 1.83. The summed E-state index contributed by atoms with van der Waals surface area (Å²) >= 11 is 0. The number of hydrogen-bond donors (Lipinski definition) is 0. The minimum Gasteiger partial charge on any atom is -0.363 e. The van der Waals surface area contributed by atoms with E-state index in [1.54, 1.807) is 19.2 Å². The summed E-state index contributed by atoms with van der Waals surface area (Å²) in [4.78, 5) is 25.3. The second kappa shape index (κ2) is 9.32. The molecule has 1 aromatic heterocycles. The van der Waals surface area contributed by atoms with Crippen molar-refractivity contribution >= 4 is 21.7 Å². The number of anilines is 1. The van der Waals surface area contributed by atoms with Crippen molar-refractivity contribution in [2.75, 3.05) is 32.6 Å². The third-order valence-corrected chi connectivity index (χ3v) is 7.24. The van der Waals surface area contributed by atoms with Gasteiger partial charge >= 0.3 is 0 Å². The zero-order valence-electron chi connectivity index (χ0n) is 18.8. The van der Waals surface area contributed by atoms with E-state index in [0.29, 0.717) is 24.6 Å². The number of sulfonamides is 1. The Morgan fingerprint density at radius 1 is 1.13 bits per heavy atom. The molecule has 0 N–H and O–H groups in total. The summed E-state index contributed by atoms with van der Waals surface area (Å²) in [7, 11) is 1.78. The molecule has 1 aromatic carbocycles. The number of benzene rings is 1. The van der Waals surface area contributed by atoms with E-state index in [1.807, 2.05) is 62.0 Å². The van der Waals surface area contributed by atoms with Gasteiger partial charge in [0.25, 0.3) is 0 Å². The van der Waals surface area contributed by atoms with Crippen molar-refractivity contribution in [2.24, 2.45) is 0 Å². The summed E-state index contributed by atoms with van der Waals surface area (Å²) in [5, 5.41) is 0. The summed E-state index contributed by atoms with van der Waals surface area (Å²) in [5.41, 5.74) is 1.51. The Morgan fingerprint density at radius 3 is 2.39 bits per heavy atom. The van der Waals surface area contributed by atoms with Gasteiger partial charge in [-0.1, -0.05) is 30.3 Å². The van der Waals surface area contributed by atoms with E-state index >= 15 is 0 Å². The average molecular weight is 446 g/mol. The summed E-state index contributed by atoms with van der Waals surface area (Å²) < 4.78 is 27.0. The smallest absolute Gasteiger partial charge is 0.223 e. The second-order valence-electron chi connectivity index (χ2n) is 8.50. The summed E-state index contributed by atoms with van der Waals surface area (Å²) in [5.74, 6) is 1.14. The van der Waals surface area contributed by atoms with Crippen LogP contribution >= 0.6 is 0 Å². The normalized spacial score (nSPS) is 17.1. The van der Waals surface area contributed by atoms with E-state index in [-0.39, 0.29) is 30.2 Å². The number of likely N-dealkylation sites (tertiary alicyclic amines) is 1. The highest BCUT2D eigenvalue weighted by atomic mass is 32.2. The van der Waals surface area contributed by atoms with E-state index in [9.17, 15) is 13.2 Å². The van der Waals surface area contributed by atoms with E-state index in [4.69, 9.17) is 0 Å².